The van der Waals surface area contributed by atoms with Gasteiger partial charge in [0.25, 0.3) is 0 Å². The van der Waals surface area contributed by atoms with Crippen LogP contribution in [0.4, 0.5) is 0 Å². The summed E-state index contributed by atoms with van der Waals surface area (Å²) in [4.78, 5) is 19.0. The van der Waals surface area contributed by atoms with E-state index in [0.29, 0.717) is 0 Å². The molecule has 0 atom stereocenters. The Balaban J connectivity index is 1.05. The standard InChI is InChI=1S/C48H31N5/c1-2-10-40(11-3-1)53-47-22-20-36(27-41(47)42-31-49-25-23-48(42)53)33-13-15-34(16-14-33)39-28-45(37-18-17-32-8-4-5-9-35(32)26-37)52-46(29-39)44-21-19-38(30-51-44)43-12-6-7-24-50-43/h1-31H. The number of aromatic nitrogens is 5. The van der Waals surface area contributed by atoms with Crippen molar-refractivity contribution >= 4 is 32.6 Å². The molecule has 0 fully saturated rings. The number of benzene rings is 5. The van der Waals surface area contributed by atoms with Crippen molar-refractivity contribution in [3.05, 3.63) is 189 Å². The molecule has 0 aliphatic rings. The number of para-hydroxylation sites is 1. The monoisotopic (exact) mass is 677 g/mol. The largest absolute Gasteiger partial charge is 0.309 e. The van der Waals surface area contributed by atoms with Gasteiger partial charge in [-0.2, -0.15) is 0 Å². The maximum absolute atomic E-state index is 5.17. The van der Waals surface area contributed by atoms with Crippen molar-refractivity contribution in [1.29, 1.82) is 0 Å². The third kappa shape index (κ3) is 5.61. The van der Waals surface area contributed by atoms with E-state index in [4.69, 9.17) is 9.97 Å². The molecule has 5 heteroatoms. The van der Waals surface area contributed by atoms with Gasteiger partial charge in [0.1, 0.15) is 0 Å². The van der Waals surface area contributed by atoms with E-state index < -0.39 is 0 Å². The van der Waals surface area contributed by atoms with E-state index in [0.717, 1.165) is 78.3 Å². The zero-order chi connectivity index (χ0) is 35.1. The lowest BCUT2D eigenvalue weighted by Gasteiger charge is -2.12. The van der Waals surface area contributed by atoms with Gasteiger partial charge in [0.2, 0.25) is 0 Å². The summed E-state index contributed by atoms with van der Waals surface area (Å²) in [5, 5.41) is 4.70. The van der Waals surface area contributed by atoms with Crippen molar-refractivity contribution in [3.63, 3.8) is 0 Å². The Morgan fingerprint density at radius 2 is 1.08 bits per heavy atom. The first-order valence-electron chi connectivity index (χ1n) is 17.7. The summed E-state index contributed by atoms with van der Waals surface area (Å²) in [5.74, 6) is 0. The fraction of sp³-hybridized carbons (Fsp3) is 0. The minimum absolute atomic E-state index is 0.808. The van der Waals surface area contributed by atoms with Crippen molar-refractivity contribution in [2.75, 3.05) is 0 Å². The summed E-state index contributed by atoms with van der Waals surface area (Å²) in [6, 6.07) is 57.4. The zero-order valence-corrected chi connectivity index (χ0v) is 28.6. The van der Waals surface area contributed by atoms with Gasteiger partial charge >= 0.3 is 0 Å². The summed E-state index contributed by atoms with van der Waals surface area (Å²) in [7, 11) is 0. The van der Waals surface area contributed by atoms with Crippen molar-refractivity contribution < 1.29 is 0 Å². The number of fused-ring (bicyclic) bond motifs is 4. The van der Waals surface area contributed by atoms with Crippen LogP contribution in [0.15, 0.2) is 189 Å². The number of hydrogen-bond acceptors (Lipinski definition) is 4. The average molecular weight is 678 g/mol. The second-order valence-corrected chi connectivity index (χ2v) is 13.2. The molecule has 53 heavy (non-hydrogen) atoms. The molecule has 248 valence electrons. The summed E-state index contributed by atoms with van der Waals surface area (Å²) in [5.41, 5.74) is 13.4. The van der Waals surface area contributed by atoms with E-state index in [1.54, 1.807) is 6.20 Å². The van der Waals surface area contributed by atoms with Crippen LogP contribution in [0.1, 0.15) is 0 Å². The first-order valence-corrected chi connectivity index (χ1v) is 17.7. The van der Waals surface area contributed by atoms with Crippen molar-refractivity contribution in [1.82, 2.24) is 24.5 Å². The van der Waals surface area contributed by atoms with Crippen molar-refractivity contribution in [2.45, 2.75) is 0 Å². The third-order valence-corrected chi connectivity index (χ3v) is 9.99. The van der Waals surface area contributed by atoms with Crippen LogP contribution in [-0.2, 0) is 0 Å². The summed E-state index contributed by atoms with van der Waals surface area (Å²) < 4.78 is 2.31. The molecule has 0 amide bonds. The molecule has 0 unspecified atom stereocenters. The number of hydrogen-bond donors (Lipinski definition) is 0. The van der Waals surface area contributed by atoms with Gasteiger partial charge in [0, 0.05) is 52.4 Å². The lowest BCUT2D eigenvalue weighted by Crippen LogP contribution is -1.94. The van der Waals surface area contributed by atoms with E-state index >= 15 is 0 Å². The van der Waals surface area contributed by atoms with Gasteiger partial charge in [-0.1, -0.05) is 91.0 Å². The molecule has 5 nitrogen and oxygen atoms in total. The third-order valence-electron chi connectivity index (χ3n) is 9.99. The molecule has 0 saturated carbocycles. The van der Waals surface area contributed by atoms with Crippen molar-refractivity contribution in [2.24, 2.45) is 0 Å². The number of nitrogens with zero attached hydrogens (tertiary/aromatic N) is 5. The van der Waals surface area contributed by atoms with Crippen LogP contribution in [-0.4, -0.2) is 24.5 Å². The highest BCUT2D eigenvalue weighted by molar-refractivity contribution is 6.10. The van der Waals surface area contributed by atoms with Gasteiger partial charge in [0.15, 0.2) is 0 Å². The first-order chi connectivity index (χ1) is 26.2. The summed E-state index contributed by atoms with van der Waals surface area (Å²) in [6.45, 7) is 0. The molecule has 0 aliphatic carbocycles. The quantitative estimate of drug-likeness (QED) is 0.176. The lowest BCUT2D eigenvalue weighted by molar-refractivity contribution is 1.17. The van der Waals surface area contributed by atoms with E-state index in [-0.39, 0.29) is 0 Å². The second kappa shape index (κ2) is 12.8. The number of rotatable bonds is 6. The summed E-state index contributed by atoms with van der Waals surface area (Å²) >= 11 is 0. The Morgan fingerprint density at radius 1 is 0.358 bits per heavy atom. The van der Waals surface area contributed by atoms with Gasteiger partial charge in [-0.05, 0) is 106 Å². The Labute approximate surface area is 306 Å². The normalized spacial score (nSPS) is 11.4. The second-order valence-electron chi connectivity index (χ2n) is 13.2. The maximum atomic E-state index is 5.17. The smallest absolute Gasteiger partial charge is 0.0899 e. The van der Waals surface area contributed by atoms with Crippen LogP contribution in [0.25, 0.3) is 94.4 Å². The van der Waals surface area contributed by atoms with E-state index in [2.05, 4.69) is 154 Å². The minimum Gasteiger partial charge on any atom is -0.309 e. The molecule has 0 spiro atoms. The molecule has 0 saturated heterocycles. The average Bonchev–Trinajstić information content (AvgIpc) is 3.58. The fourth-order valence-corrected chi connectivity index (χ4v) is 7.31. The molecule has 5 heterocycles. The van der Waals surface area contributed by atoms with Gasteiger partial charge in [-0.25, -0.2) is 4.98 Å². The Morgan fingerprint density at radius 3 is 1.89 bits per heavy atom. The molecular weight excluding hydrogens is 647 g/mol. The fourth-order valence-electron chi connectivity index (χ4n) is 7.31. The first kappa shape index (κ1) is 30.6. The highest BCUT2D eigenvalue weighted by atomic mass is 15.0. The van der Waals surface area contributed by atoms with E-state index in [9.17, 15) is 0 Å². The lowest BCUT2D eigenvalue weighted by atomic mass is 9.97. The zero-order valence-electron chi connectivity index (χ0n) is 28.6. The predicted octanol–water partition coefficient (Wildman–Crippen LogP) is 11.9. The maximum Gasteiger partial charge on any atom is 0.0899 e. The molecule has 10 rings (SSSR count). The molecule has 5 aromatic carbocycles. The van der Waals surface area contributed by atoms with E-state index in [1.807, 2.05) is 42.9 Å². The van der Waals surface area contributed by atoms with Crippen molar-refractivity contribution in [3.8, 4) is 61.8 Å². The molecule has 5 aromatic heterocycles. The topological polar surface area (TPSA) is 56.5 Å². The Hall–Kier alpha value is -7.24. The van der Waals surface area contributed by atoms with Crippen LogP contribution in [0, 0.1) is 0 Å². The number of pyridine rings is 4. The Bertz CT molecular complexity index is 2920. The van der Waals surface area contributed by atoms with Crippen LogP contribution >= 0.6 is 0 Å². The molecule has 0 bridgehead atoms. The summed E-state index contributed by atoms with van der Waals surface area (Å²) in [6.07, 6.45) is 7.51. The Kier molecular flexibility index (Phi) is 7.40. The minimum atomic E-state index is 0.808. The molecule has 0 radical (unpaired) electrons. The van der Waals surface area contributed by atoms with Crippen LogP contribution < -0.4 is 0 Å². The van der Waals surface area contributed by atoms with Gasteiger partial charge < -0.3 is 4.57 Å². The highest BCUT2D eigenvalue weighted by Gasteiger charge is 2.15. The van der Waals surface area contributed by atoms with Gasteiger partial charge in [0.05, 0.1) is 33.8 Å². The predicted molar refractivity (Wildman–Crippen MR) is 217 cm³/mol. The molecule has 0 aliphatic heterocycles. The van der Waals surface area contributed by atoms with Crippen LogP contribution in [0.2, 0.25) is 0 Å². The molecule has 0 N–H and O–H groups in total. The van der Waals surface area contributed by atoms with Crippen LogP contribution in [0.3, 0.4) is 0 Å². The molecule has 10 aromatic rings. The van der Waals surface area contributed by atoms with Crippen LogP contribution in [0.5, 0.6) is 0 Å². The highest BCUT2D eigenvalue weighted by Crippen LogP contribution is 2.36. The van der Waals surface area contributed by atoms with Gasteiger partial charge in [-0.15, -0.1) is 0 Å². The molecular formula is C48H31N5. The van der Waals surface area contributed by atoms with E-state index in [1.165, 1.54) is 16.2 Å². The van der Waals surface area contributed by atoms with Gasteiger partial charge in [-0.3, -0.25) is 15.0 Å². The SMILES string of the molecule is c1ccc(-n2c3ccncc3c3cc(-c4ccc(-c5cc(-c6ccc7ccccc7c6)nc(-c6ccc(-c7ccccn7)cn6)c5)cc4)ccc32)cc1.